The van der Waals surface area contributed by atoms with Crippen molar-refractivity contribution in [3.63, 3.8) is 0 Å². The fourth-order valence-electron chi connectivity index (χ4n) is 5.44. The molecule has 1 fully saturated rings. The number of nitrogens with zero attached hydrogens (tertiary/aromatic N) is 4. The summed E-state index contributed by atoms with van der Waals surface area (Å²) in [7, 11) is 0. The third kappa shape index (κ3) is 3.95. The van der Waals surface area contributed by atoms with E-state index in [-0.39, 0.29) is 11.8 Å². The fourth-order valence-corrected chi connectivity index (χ4v) is 6.25. The molecule has 0 bridgehead atoms. The van der Waals surface area contributed by atoms with Gasteiger partial charge in [0, 0.05) is 50.2 Å². The largest absolute Gasteiger partial charge is 0.367 e. The van der Waals surface area contributed by atoms with Crippen LogP contribution in [0.5, 0.6) is 0 Å². The van der Waals surface area contributed by atoms with E-state index < -0.39 is 0 Å². The Bertz CT molecular complexity index is 1300. The maximum Gasteiger partial charge on any atom is 0.255 e. The van der Waals surface area contributed by atoms with Crippen LogP contribution in [0.3, 0.4) is 0 Å². The van der Waals surface area contributed by atoms with E-state index in [1.54, 1.807) is 11.3 Å². The van der Waals surface area contributed by atoms with Gasteiger partial charge in [-0.15, -0.1) is 11.3 Å². The number of rotatable bonds is 2. The first-order valence-electron chi connectivity index (χ1n) is 12.2. The molecule has 1 saturated heterocycles. The van der Waals surface area contributed by atoms with E-state index in [1.165, 1.54) is 4.70 Å². The van der Waals surface area contributed by atoms with Gasteiger partial charge in [0.2, 0.25) is 0 Å². The van der Waals surface area contributed by atoms with Crippen molar-refractivity contribution in [3.8, 4) is 0 Å². The molecule has 34 heavy (non-hydrogen) atoms. The lowest BCUT2D eigenvalue weighted by molar-refractivity contribution is -0.122. The van der Waals surface area contributed by atoms with Gasteiger partial charge < -0.3 is 4.90 Å². The van der Waals surface area contributed by atoms with Crippen molar-refractivity contribution in [2.24, 2.45) is 5.92 Å². The highest BCUT2D eigenvalue weighted by molar-refractivity contribution is 7.18. The second kappa shape index (κ2) is 8.67. The molecule has 0 radical (unpaired) electrons. The van der Waals surface area contributed by atoms with Gasteiger partial charge in [-0.25, -0.2) is 4.98 Å². The van der Waals surface area contributed by atoms with Crippen molar-refractivity contribution >= 4 is 33.0 Å². The molecule has 0 spiro atoms. The summed E-state index contributed by atoms with van der Waals surface area (Å²) >= 11 is 1.71. The maximum atomic E-state index is 13.5. The quantitative estimate of drug-likeness (QED) is 0.573. The lowest BCUT2D eigenvalue weighted by Crippen LogP contribution is -2.53. The SMILES string of the molecule is Cc1nc2cc(C3=CC(=O)N4C=C(N5CCN6CCC=CC6C5)C=CC4=CCC3C)ccc2s1. The van der Waals surface area contributed by atoms with Crippen molar-refractivity contribution in [1.29, 1.82) is 0 Å². The van der Waals surface area contributed by atoms with E-state index >= 15 is 0 Å². The third-order valence-corrected chi connectivity index (χ3v) is 8.31. The normalized spacial score (nSPS) is 25.4. The second-order valence-electron chi connectivity index (χ2n) is 9.64. The number of carbonyl (C=O) groups excluding carboxylic acids is 1. The molecule has 1 aromatic carbocycles. The van der Waals surface area contributed by atoms with Crippen LogP contribution in [0.4, 0.5) is 0 Å². The van der Waals surface area contributed by atoms with Crippen LogP contribution in [0, 0.1) is 12.8 Å². The zero-order valence-corrected chi connectivity index (χ0v) is 20.6. The Morgan fingerprint density at radius 2 is 2.00 bits per heavy atom. The summed E-state index contributed by atoms with van der Waals surface area (Å²) in [6.45, 7) is 8.42. The predicted octanol–water partition coefficient (Wildman–Crippen LogP) is 5.10. The Morgan fingerprint density at radius 1 is 1.12 bits per heavy atom. The minimum absolute atomic E-state index is 0.0143. The molecule has 2 aromatic rings. The first-order chi connectivity index (χ1) is 16.5. The van der Waals surface area contributed by atoms with Gasteiger partial charge in [-0.05, 0) is 61.1 Å². The number of hydrogen-bond donors (Lipinski definition) is 0. The van der Waals surface area contributed by atoms with Crippen LogP contribution in [0.2, 0.25) is 0 Å². The number of amides is 1. The van der Waals surface area contributed by atoms with Crippen LogP contribution in [-0.2, 0) is 4.79 Å². The number of benzene rings is 1. The molecule has 2 atom stereocenters. The highest BCUT2D eigenvalue weighted by Gasteiger charge is 2.29. The number of aryl methyl sites for hydroxylation is 1. The predicted molar refractivity (Wildman–Crippen MR) is 139 cm³/mol. The summed E-state index contributed by atoms with van der Waals surface area (Å²) in [5, 5.41) is 1.07. The molecule has 6 heteroatoms. The van der Waals surface area contributed by atoms with E-state index in [0.29, 0.717) is 6.04 Å². The van der Waals surface area contributed by atoms with Gasteiger partial charge in [0.05, 0.1) is 20.9 Å². The fraction of sp³-hybridized carbons (Fsp3) is 0.357. The van der Waals surface area contributed by atoms with Crippen molar-refractivity contribution in [2.75, 3.05) is 26.2 Å². The Labute approximate surface area is 205 Å². The summed E-state index contributed by atoms with van der Waals surface area (Å²) in [5.74, 6) is 0.265. The number of piperazine rings is 1. The average molecular weight is 471 g/mol. The highest BCUT2D eigenvalue weighted by Crippen LogP contribution is 2.34. The zero-order valence-electron chi connectivity index (χ0n) is 19.8. The number of allylic oxidation sites excluding steroid dienone is 4. The van der Waals surface area contributed by atoms with Crippen LogP contribution >= 0.6 is 11.3 Å². The van der Waals surface area contributed by atoms with Crippen LogP contribution in [-0.4, -0.2) is 57.8 Å². The average Bonchev–Trinajstić information content (AvgIpc) is 3.23. The summed E-state index contributed by atoms with van der Waals surface area (Å²) in [6, 6.07) is 6.87. The molecule has 1 aromatic heterocycles. The molecular weight excluding hydrogens is 440 g/mol. The van der Waals surface area contributed by atoms with Crippen molar-refractivity contribution in [1.82, 2.24) is 19.7 Å². The molecule has 4 aliphatic heterocycles. The maximum absolute atomic E-state index is 13.5. The van der Waals surface area contributed by atoms with Gasteiger partial charge in [-0.2, -0.15) is 0 Å². The summed E-state index contributed by atoms with van der Waals surface area (Å²) in [6.07, 6.45) is 17.0. The van der Waals surface area contributed by atoms with Gasteiger partial charge in [0.15, 0.2) is 0 Å². The smallest absolute Gasteiger partial charge is 0.255 e. The van der Waals surface area contributed by atoms with Crippen LogP contribution in [0.15, 0.2) is 72.2 Å². The van der Waals surface area contributed by atoms with Crippen molar-refractivity contribution in [2.45, 2.75) is 32.7 Å². The van der Waals surface area contributed by atoms with E-state index in [0.717, 1.165) is 72.1 Å². The molecular formula is C28H30N4OS. The zero-order chi connectivity index (χ0) is 23.2. The lowest BCUT2D eigenvalue weighted by Gasteiger charge is -2.43. The van der Waals surface area contributed by atoms with E-state index in [4.69, 9.17) is 0 Å². The second-order valence-corrected chi connectivity index (χ2v) is 10.9. The minimum Gasteiger partial charge on any atom is -0.367 e. The molecule has 2 unspecified atom stereocenters. The molecule has 174 valence electrons. The number of aromatic nitrogens is 1. The number of hydrogen-bond acceptors (Lipinski definition) is 5. The van der Waals surface area contributed by atoms with Crippen LogP contribution in [0.1, 0.15) is 30.3 Å². The number of carbonyl (C=O) groups is 1. The van der Waals surface area contributed by atoms with Gasteiger partial charge in [-0.1, -0.05) is 31.2 Å². The van der Waals surface area contributed by atoms with Crippen molar-refractivity contribution in [3.05, 3.63) is 82.8 Å². The molecule has 5 nitrogen and oxygen atoms in total. The van der Waals surface area contributed by atoms with Crippen LogP contribution in [0.25, 0.3) is 15.8 Å². The summed E-state index contributed by atoms with van der Waals surface area (Å²) < 4.78 is 1.19. The van der Waals surface area contributed by atoms with Crippen LogP contribution < -0.4 is 0 Å². The summed E-state index contributed by atoms with van der Waals surface area (Å²) in [4.78, 5) is 25.0. The first kappa shape index (κ1) is 21.6. The van der Waals surface area contributed by atoms with E-state index in [9.17, 15) is 4.79 Å². The summed E-state index contributed by atoms with van der Waals surface area (Å²) in [5.41, 5.74) is 5.27. The van der Waals surface area contributed by atoms with Crippen molar-refractivity contribution < 1.29 is 4.79 Å². The monoisotopic (exact) mass is 470 g/mol. The topological polar surface area (TPSA) is 39.7 Å². The number of thiazole rings is 1. The highest BCUT2D eigenvalue weighted by atomic mass is 32.1. The Morgan fingerprint density at radius 3 is 2.91 bits per heavy atom. The van der Waals surface area contributed by atoms with E-state index in [1.807, 2.05) is 24.1 Å². The molecule has 4 aliphatic rings. The minimum atomic E-state index is 0.0143. The lowest BCUT2D eigenvalue weighted by atomic mass is 9.89. The molecule has 5 heterocycles. The number of fused-ring (bicyclic) bond motifs is 3. The van der Waals surface area contributed by atoms with Gasteiger partial charge in [0.25, 0.3) is 5.91 Å². The Balaban J connectivity index is 1.29. The van der Waals surface area contributed by atoms with Gasteiger partial charge in [-0.3, -0.25) is 14.6 Å². The molecule has 0 aliphatic carbocycles. The first-order valence-corrected chi connectivity index (χ1v) is 13.0. The van der Waals surface area contributed by atoms with E-state index in [2.05, 4.69) is 70.3 Å². The molecule has 0 N–H and O–H groups in total. The van der Waals surface area contributed by atoms with Gasteiger partial charge in [0.1, 0.15) is 0 Å². The molecule has 6 rings (SSSR count). The van der Waals surface area contributed by atoms with Gasteiger partial charge >= 0.3 is 0 Å². The Hall–Kier alpha value is -2.96. The molecule has 1 amide bonds. The molecule has 0 saturated carbocycles. The Kier molecular flexibility index (Phi) is 5.50. The third-order valence-electron chi connectivity index (χ3n) is 7.36. The standard InChI is InChI=1S/C28H30N4OS/c1-19-6-8-22-9-10-24(31-14-13-30-12-4-3-5-23(30)17-31)18-32(22)28(33)16-25(19)21-7-11-27-26(15-21)29-20(2)34-27/h3,5,7-11,15-16,18-19,23H,4,6,12-14,17H2,1-2H3.